The highest BCUT2D eigenvalue weighted by atomic mass is 79.9. The van der Waals surface area contributed by atoms with Crippen molar-refractivity contribution in [3.63, 3.8) is 0 Å². The molecule has 0 fully saturated rings. The van der Waals surface area contributed by atoms with E-state index in [1.807, 2.05) is 6.20 Å². The lowest BCUT2D eigenvalue weighted by Crippen LogP contribution is -2.28. The minimum absolute atomic E-state index is 0.240. The van der Waals surface area contributed by atoms with Crippen molar-refractivity contribution in [2.45, 2.75) is 6.54 Å². The first-order valence-corrected chi connectivity index (χ1v) is 7.12. The maximum absolute atomic E-state index is 12.3. The summed E-state index contributed by atoms with van der Waals surface area (Å²) in [7, 11) is 3.04. The zero-order valence-corrected chi connectivity index (χ0v) is 13.4. The number of carbonyl (C=O) groups excluding carboxylic acids is 1. The van der Waals surface area contributed by atoms with Crippen LogP contribution in [0.1, 0.15) is 10.4 Å². The van der Waals surface area contributed by atoms with Gasteiger partial charge >= 0.3 is 0 Å². The van der Waals surface area contributed by atoms with Gasteiger partial charge in [0.2, 0.25) is 0 Å². The van der Waals surface area contributed by atoms with Crippen molar-refractivity contribution in [3.8, 4) is 11.5 Å². The summed E-state index contributed by atoms with van der Waals surface area (Å²) in [4.78, 5) is 12.3. The van der Waals surface area contributed by atoms with E-state index in [1.165, 1.54) is 14.2 Å². The van der Waals surface area contributed by atoms with E-state index in [0.29, 0.717) is 30.2 Å². The summed E-state index contributed by atoms with van der Waals surface area (Å²) in [6, 6.07) is 5.22. The Balaban J connectivity index is 2.03. The average molecular weight is 354 g/mol. The van der Waals surface area contributed by atoms with Gasteiger partial charge in [-0.3, -0.25) is 9.48 Å². The number of benzene rings is 1. The van der Waals surface area contributed by atoms with Crippen LogP contribution in [0.15, 0.2) is 35.1 Å². The molecule has 0 saturated heterocycles. The van der Waals surface area contributed by atoms with Crippen molar-refractivity contribution >= 4 is 21.8 Å². The second-order valence-electron chi connectivity index (χ2n) is 4.22. The Bertz CT molecular complexity index is 605. The molecule has 0 aliphatic heterocycles. The minimum Gasteiger partial charge on any atom is -0.496 e. The number of carbonyl (C=O) groups is 1. The number of rotatable bonds is 6. The van der Waals surface area contributed by atoms with Crippen molar-refractivity contribution in [1.29, 1.82) is 0 Å². The molecule has 0 atom stereocenters. The summed E-state index contributed by atoms with van der Waals surface area (Å²) in [6.07, 6.45) is 3.54. The molecule has 1 aromatic heterocycles. The number of nitrogens with zero attached hydrogens (tertiary/aromatic N) is 2. The van der Waals surface area contributed by atoms with Crippen LogP contribution >= 0.6 is 15.9 Å². The number of ether oxygens (including phenoxy) is 2. The number of hydrogen-bond acceptors (Lipinski definition) is 4. The van der Waals surface area contributed by atoms with Crippen molar-refractivity contribution in [1.82, 2.24) is 15.1 Å². The summed E-state index contributed by atoms with van der Waals surface area (Å²) in [6.45, 7) is 1.03. The highest BCUT2D eigenvalue weighted by molar-refractivity contribution is 9.10. The monoisotopic (exact) mass is 353 g/mol. The highest BCUT2D eigenvalue weighted by Gasteiger charge is 2.17. The van der Waals surface area contributed by atoms with E-state index >= 15 is 0 Å². The maximum atomic E-state index is 12.3. The minimum atomic E-state index is -0.240. The molecule has 7 heteroatoms. The lowest BCUT2D eigenvalue weighted by molar-refractivity contribution is 0.0945. The van der Waals surface area contributed by atoms with Gasteiger partial charge in [-0.25, -0.2) is 0 Å². The zero-order valence-electron chi connectivity index (χ0n) is 11.8. The predicted octanol–water partition coefficient (Wildman–Crippen LogP) is 2.09. The Morgan fingerprint density at radius 3 is 2.52 bits per heavy atom. The molecular formula is C14H16BrN3O3. The molecule has 1 heterocycles. The fourth-order valence-corrected chi connectivity index (χ4v) is 2.24. The van der Waals surface area contributed by atoms with Crippen LogP contribution < -0.4 is 14.8 Å². The molecule has 0 saturated carbocycles. The molecule has 112 valence electrons. The number of aromatic nitrogens is 2. The molecule has 0 aliphatic rings. The third kappa shape index (κ3) is 3.75. The van der Waals surface area contributed by atoms with Crippen molar-refractivity contribution < 1.29 is 14.3 Å². The molecule has 0 spiro atoms. The molecule has 0 unspecified atom stereocenters. The molecule has 6 nitrogen and oxygen atoms in total. The lowest BCUT2D eigenvalue weighted by atomic mass is 10.1. The van der Waals surface area contributed by atoms with Gasteiger partial charge in [-0.15, -0.1) is 0 Å². The van der Waals surface area contributed by atoms with E-state index in [0.717, 1.165) is 4.47 Å². The van der Waals surface area contributed by atoms with Crippen LogP contribution in [0, 0.1) is 0 Å². The topological polar surface area (TPSA) is 65.4 Å². The largest absolute Gasteiger partial charge is 0.496 e. The van der Waals surface area contributed by atoms with E-state index in [1.54, 1.807) is 29.1 Å². The second kappa shape index (κ2) is 7.12. The van der Waals surface area contributed by atoms with E-state index in [2.05, 4.69) is 26.3 Å². The number of methoxy groups -OCH3 is 2. The Kier molecular flexibility index (Phi) is 5.21. The average Bonchev–Trinajstić information content (AvgIpc) is 2.91. The third-order valence-electron chi connectivity index (χ3n) is 2.88. The van der Waals surface area contributed by atoms with Crippen LogP contribution in [0.5, 0.6) is 11.5 Å². The third-order valence-corrected chi connectivity index (χ3v) is 3.29. The summed E-state index contributed by atoms with van der Waals surface area (Å²) in [5, 5.41) is 6.95. The molecule has 0 radical (unpaired) electrons. The Hall–Kier alpha value is -2.02. The van der Waals surface area contributed by atoms with Gasteiger partial charge < -0.3 is 14.8 Å². The zero-order chi connectivity index (χ0) is 15.2. The number of halogens is 1. The molecule has 21 heavy (non-hydrogen) atoms. The normalized spacial score (nSPS) is 10.2. The smallest absolute Gasteiger partial charge is 0.258 e. The van der Waals surface area contributed by atoms with E-state index in [4.69, 9.17) is 9.47 Å². The van der Waals surface area contributed by atoms with Crippen LogP contribution in [-0.4, -0.2) is 36.5 Å². The summed E-state index contributed by atoms with van der Waals surface area (Å²) >= 11 is 3.32. The van der Waals surface area contributed by atoms with Gasteiger partial charge in [0.1, 0.15) is 17.1 Å². The highest BCUT2D eigenvalue weighted by Crippen LogP contribution is 2.27. The van der Waals surface area contributed by atoms with Crippen LogP contribution in [0.25, 0.3) is 0 Å². The number of amides is 1. The van der Waals surface area contributed by atoms with Gasteiger partial charge in [-0.1, -0.05) is 6.07 Å². The van der Waals surface area contributed by atoms with Crippen LogP contribution in [-0.2, 0) is 6.54 Å². The molecule has 0 bridgehead atoms. The fraction of sp³-hybridized carbons (Fsp3) is 0.286. The first kappa shape index (κ1) is 15.4. The van der Waals surface area contributed by atoms with Gasteiger partial charge in [0.15, 0.2) is 0 Å². The SMILES string of the molecule is COc1cccc(OC)c1C(=O)NCCn1cc(Br)cn1. The molecule has 2 rings (SSSR count). The van der Waals surface area contributed by atoms with Crippen molar-refractivity contribution in [3.05, 3.63) is 40.6 Å². The standard InChI is InChI=1S/C14H16BrN3O3/c1-20-11-4-3-5-12(21-2)13(11)14(19)16-6-7-18-9-10(15)8-17-18/h3-5,8-9H,6-7H2,1-2H3,(H,16,19). The molecular weight excluding hydrogens is 338 g/mol. The summed E-state index contributed by atoms with van der Waals surface area (Å²) < 4.78 is 13.1. The van der Waals surface area contributed by atoms with Gasteiger partial charge in [-0.05, 0) is 28.1 Å². The molecule has 1 aromatic carbocycles. The Morgan fingerprint density at radius 1 is 1.33 bits per heavy atom. The van der Waals surface area contributed by atoms with Crippen LogP contribution in [0.2, 0.25) is 0 Å². The van der Waals surface area contributed by atoms with Gasteiger partial charge in [0.05, 0.1) is 31.4 Å². The maximum Gasteiger partial charge on any atom is 0.258 e. The van der Waals surface area contributed by atoms with Crippen LogP contribution in [0.4, 0.5) is 0 Å². The first-order valence-electron chi connectivity index (χ1n) is 6.33. The molecule has 0 aliphatic carbocycles. The molecule has 2 aromatic rings. The second-order valence-corrected chi connectivity index (χ2v) is 5.13. The molecule has 1 amide bonds. The number of hydrogen-bond donors (Lipinski definition) is 1. The Morgan fingerprint density at radius 2 is 2.00 bits per heavy atom. The lowest BCUT2D eigenvalue weighted by Gasteiger charge is -2.13. The van der Waals surface area contributed by atoms with Gasteiger partial charge in [0.25, 0.3) is 5.91 Å². The Labute approximate surface area is 131 Å². The number of nitrogens with one attached hydrogen (secondary N) is 1. The fourth-order valence-electron chi connectivity index (χ4n) is 1.91. The van der Waals surface area contributed by atoms with E-state index in [-0.39, 0.29) is 5.91 Å². The van der Waals surface area contributed by atoms with E-state index in [9.17, 15) is 4.79 Å². The van der Waals surface area contributed by atoms with Crippen LogP contribution in [0.3, 0.4) is 0 Å². The predicted molar refractivity (Wildman–Crippen MR) is 81.8 cm³/mol. The quantitative estimate of drug-likeness (QED) is 0.863. The summed E-state index contributed by atoms with van der Waals surface area (Å²) in [5.74, 6) is 0.720. The van der Waals surface area contributed by atoms with Gasteiger partial charge in [-0.2, -0.15) is 5.10 Å². The van der Waals surface area contributed by atoms with Crippen molar-refractivity contribution in [2.24, 2.45) is 0 Å². The first-order chi connectivity index (χ1) is 10.2. The molecule has 1 N–H and O–H groups in total. The summed E-state index contributed by atoms with van der Waals surface area (Å²) in [5.41, 5.74) is 0.393. The van der Waals surface area contributed by atoms with Crippen molar-refractivity contribution in [2.75, 3.05) is 20.8 Å². The van der Waals surface area contributed by atoms with E-state index < -0.39 is 0 Å². The van der Waals surface area contributed by atoms with Gasteiger partial charge in [0, 0.05) is 12.7 Å².